The van der Waals surface area contributed by atoms with Crippen LogP contribution in [-0.4, -0.2) is 88.4 Å². The van der Waals surface area contributed by atoms with Crippen molar-refractivity contribution in [1.82, 2.24) is 15.1 Å². The molecule has 2 aliphatic heterocycles. The molecular weight excluding hydrogens is 410 g/mol. The van der Waals surface area contributed by atoms with E-state index in [1.807, 2.05) is 24.5 Å². The zero-order valence-corrected chi connectivity index (χ0v) is 19.1. The molecule has 2 aromatic rings. The van der Waals surface area contributed by atoms with Gasteiger partial charge in [0.25, 0.3) is 0 Å². The standard InChI is InChI=1S/C23H33N5O2S/c1-24-23(28-9-7-27(8-10-28)22-6-3-17-31-22)25-19-20-4-2-5-21(18-20)30-16-13-26-11-14-29-15-12-26/h2-6,17-18H,7-16,19H2,1H3,(H,24,25). The minimum atomic E-state index is 0.701. The number of morpholine rings is 1. The number of hydrogen-bond acceptors (Lipinski definition) is 6. The lowest BCUT2D eigenvalue weighted by molar-refractivity contribution is 0.0322. The third-order valence-corrected chi connectivity index (χ3v) is 6.67. The Morgan fingerprint density at radius 1 is 1.10 bits per heavy atom. The fourth-order valence-electron chi connectivity index (χ4n) is 3.96. The Hall–Kier alpha value is -2.29. The van der Waals surface area contributed by atoms with E-state index in [9.17, 15) is 0 Å². The number of piperazine rings is 1. The molecule has 0 aliphatic carbocycles. The fraction of sp³-hybridized carbons (Fsp3) is 0.522. The SMILES string of the molecule is CN=C(NCc1cccc(OCCN2CCOCC2)c1)N1CCN(c2cccs2)CC1. The second-order valence-electron chi connectivity index (χ2n) is 7.78. The van der Waals surface area contributed by atoms with E-state index in [0.29, 0.717) is 6.61 Å². The van der Waals surface area contributed by atoms with E-state index in [1.54, 1.807) is 0 Å². The molecule has 0 atom stereocenters. The summed E-state index contributed by atoms with van der Waals surface area (Å²) in [5, 5.41) is 7.02. The molecule has 8 heteroatoms. The number of nitrogens with one attached hydrogen (secondary N) is 1. The first-order valence-electron chi connectivity index (χ1n) is 11.1. The molecule has 7 nitrogen and oxygen atoms in total. The van der Waals surface area contributed by atoms with Gasteiger partial charge >= 0.3 is 0 Å². The first-order chi connectivity index (χ1) is 15.3. The minimum absolute atomic E-state index is 0.701. The summed E-state index contributed by atoms with van der Waals surface area (Å²) >= 11 is 1.81. The molecule has 168 valence electrons. The molecule has 1 aromatic heterocycles. The predicted molar refractivity (Wildman–Crippen MR) is 127 cm³/mol. The fourth-order valence-corrected chi connectivity index (χ4v) is 4.75. The average molecular weight is 444 g/mol. The van der Waals surface area contributed by atoms with Crippen molar-refractivity contribution in [3.8, 4) is 5.75 Å². The molecule has 4 rings (SSSR count). The van der Waals surface area contributed by atoms with E-state index in [4.69, 9.17) is 9.47 Å². The van der Waals surface area contributed by atoms with Crippen molar-refractivity contribution >= 4 is 22.3 Å². The zero-order chi connectivity index (χ0) is 21.3. The van der Waals surface area contributed by atoms with Crippen LogP contribution < -0.4 is 15.0 Å². The molecule has 2 aliphatic rings. The smallest absolute Gasteiger partial charge is 0.194 e. The number of anilines is 1. The monoisotopic (exact) mass is 443 g/mol. The first-order valence-corrected chi connectivity index (χ1v) is 12.0. The van der Waals surface area contributed by atoms with E-state index in [-0.39, 0.29) is 0 Å². The van der Waals surface area contributed by atoms with Crippen LogP contribution in [0.1, 0.15) is 5.56 Å². The van der Waals surface area contributed by atoms with E-state index in [0.717, 1.165) is 77.3 Å². The zero-order valence-electron chi connectivity index (χ0n) is 18.3. The van der Waals surface area contributed by atoms with Crippen molar-refractivity contribution in [1.29, 1.82) is 0 Å². The summed E-state index contributed by atoms with van der Waals surface area (Å²) < 4.78 is 11.4. The summed E-state index contributed by atoms with van der Waals surface area (Å²) in [5.74, 6) is 1.89. The van der Waals surface area contributed by atoms with Crippen LogP contribution in [-0.2, 0) is 11.3 Å². The lowest BCUT2D eigenvalue weighted by Gasteiger charge is -2.37. The number of hydrogen-bond donors (Lipinski definition) is 1. The number of nitrogens with zero attached hydrogens (tertiary/aromatic N) is 4. The number of aliphatic imine (C=N–C) groups is 1. The van der Waals surface area contributed by atoms with E-state index in [1.165, 1.54) is 10.6 Å². The van der Waals surface area contributed by atoms with E-state index in [2.05, 4.69) is 60.7 Å². The maximum atomic E-state index is 5.99. The van der Waals surface area contributed by atoms with Gasteiger partial charge in [-0.05, 0) is 35.2 Å². The summed E-state index contributed by atoms with van der Waals surface area (Å²) in [5.41, 5.74) is 1.20. The normalized spacial score (nSPS) is 18.3. The van der Waals surface area contributed by atoms with Crippen LogP contribution in [0.25, 0.3) is 0 Å². The second-order valence-corrected chi connectivity index (χ2v) is 8.70. The van der Waals surface area contributed by atoms with Gasteiger partial charge in [-0.25, -0.2) is 0 Å². The number of benzene rings is 1. The Balaban J connectivity index is 1.22. The van der Waals surface area contributed by atoms with Crippen LogP contribution in [0.15, 0.2) is 46.8 Å². The molecule has 0 bridgehead atoms. The van der Waals surface area contributed by atoms with Gasteiger partial charge in [-0.1, -0.05) is 12.1 Å². The van der Waals surface area contributed by atoms with Crippen molar-refractivity contribution in [3.63, 3.8) is 0 Å². The maximum Gasteiger partial charge on any atom is 0.194 e. The van der Waals surface area contributed by atoms with Crippen LogP contribution in [0.3, 0.4) is 0 Å². The third-order valence-electron chi connectivity index (χ3n) is 5.74. The molecule has 1 N–H and O–H groups in total. The highest BCUT2D eigenvalue weighted by Crippen LogP contribution is 2.22. The number of guanidine groups is 1. The predicted octanol–water partition coefficient (Wildman–Crippen LogP) is 2.36. The number of rotatable bonds is 7. The van der Waals surface area contributed by atoms with Crippen molar-refractivity contribution < 1.29 is 9.47 Å². The van der Waals surface area contributed by atoms with Gasteiger partial charge in [0, 0.05) is 59.4 Å². The van der Waals surface area contributed by atoms with Crippen LogP contribution in [0.5, 0.6) is 5.75 Å². The highest BCUT2D eigenvalue weighted by Gasteiger charge is 2.20. The van der Waals surface area contributed by atoms with Gasteiger partial charge in [-0.15, -0.1) is 11.3 Å². The first kappa shape index (κ1) is 21.9. The maximum absolute atomic E-state index is 5.99. The summed E-state index contributed by atoms with van der Waals surface area (Å²) in [6, 6.07) is 12.7. The Labute approximate surface area is 189 Å². The van der Waals surface area contributed by atoms with Crippen molar-refractivity contribution in [2.24, 2.45) is 4.99 Å². The van der Waals surface area contributed by atoms with Gasteiger partial charge in [0.2, 0.25) is 0 Å². The molecule has 2 fully saturated rings. The molecule has 1 aromatic carbocycles. The average Bonchev–Trinajstić information content (AvgIpc) is 3.36. The van der Waals surface area contributed by atoms with Crippen molar-refractivity contribution in [2.45, 2.75) is 6.54 Å². The quantitative estimate of drug-likeness (QED) is 0.524. The molecule has 3 heterocycles. The lowest BCUT2D eigenvalue weighted by Crippen LogP contribution is -2.52. The number of thiophene rings is 1. The minimum Gasteiger partial charge on any atom is -0.492 e. The van der Waals surface area contributed by atoms with Gasteiger partial charge in [-0.3, -0.25) is 9.89 Å². The van der Waals surface area contributed by atoms with Crippen molar-refractivity contribution in [2.75, 3.05) is 77.6 Å². The van der Waals surface area contributed by atoms with E-state index >= 15 is 0 Å². The van der Waals surface area contributed by atoms with Gasteiger partial charge in [0.1, 0.15) is 12.4 Å². The van der Waals surface area contributed by atoms with Crippen molar-refractivity contribution in [3.05, 3.63) is 47.3 Å². The van der Waals surface area contributed by atoms with Gasteiger partial charge in [-0.2, -0.15) is 0 Å². The summed E-state index contributed by atoms with van der Waals surface area (Å²) in [4.78, 5) is 11.7. The highest BCUT2D eigenvalue weighted by molar-refractivity contribution is 7.14. The van der Waals surface area contributed by atoms with Crippen LogP contribution in [0.4, 0.5) is 5.00 Å². The van der Waals surface area contributed by atoms with Crippen LogP contribution in [0.2, 0.25) is 0 Å². The van der Waals surface area contributed by atoms with E-state index < -0.39 is 0 Å². The highest BCUT2D eigenvalue weighted by atomic mass is 32.1. The molecule has 0 spiro atoms. The molecule has 0 radical (unpaired) electrons. The lowest BCUT2D eigenvalue weighted by atomic mass is 10.2. The Morgan fingerprint density at radius 2 is 1.94 bits per heavy atom. The second kappa shape index (κ2) is 11.4. The van der Waals surface area contributed by atoms with Gasteiger partial charge in [0.15, 0.2) is 5.96 Å². The van der Waals surface area contributed by atoms with Crippen LogP contribution in [0, 0.1) is 0 Å². The largest absolute Gasteiger partial charge is 0.492 e. The number of ether oxygens (including phenoxy) is 2. The Morgan fingerprint density at radius 3 is 2.68 bits per heavy atom. The molecule has 0 unspecified atom stereocenters. The van der Waals surface area contributed by atoms with Gasteiger partial charge < -0.3 is 24.6 Å². The Kier molecular flexibility index (Phi) is 8.04. The van der Waals surface area contributed by atoms with Crippen LogP contribution >= 0.6 is 11.3 Å². The molecule has 0 saturated carbocycles. The Bertz CT molecular complexity index is 815. The summed E-state index contributed by atoms with van der Waals surface area (Å²) in [7, 11) is 1.86. The molecular formula is C23H33N5O2S. The van der Waals surface area contributed by atoms with Gasteiger partial charge in [0.05, 0.1) is 18.2 Å². The third kappa shape index (κ3) is 6.35. The molecule has 31 heavy (non-hydrogen) atoms. The summed E-state index contributed by atoms with van der Waals surface area (Å²) in [6.45, 7) is 10.0. The topological polar surface area (TPSA) is 52.6 Å². The molecule has 2 saturated heterocycles. The molecule has 0 amide bonds. The summed E-state index contributed by atoms with van der Waals surface area (Å²) in [6.07, 6.45) is 0.